The summed E-state index contributed by atoms with van der Waals surface area (Å²) in [6.07, 6.45) is 0. The maximum absolute atomic E-state index is 13.6. The number of anilines is 1. The molecular weight excluding hydrogens is 303 g/mol. The summed E-state index contributed by atoms with van der Waals surface area (Å²) in [6, 6.07) is 9.47. The first-order valence-electron chi connectivity index (χ1n) is 6.96. The van der Waals surface area contributed by atoms with E-state index in [1.54, 1.807) is 0 Å². The van der Waals surface area contributed by atoms with Crippen LogP contribution in [-0.4, -0.2) is 6.03 Å². The lowest BCUT2D eigenvalue weighted by Crippen LogP contribution is -2.31. The second-order valence-corrected chi connectivity index (χ2v) is 5.72. The molecule has 0 saturated heterocycles. The van der Waals surface area contributed by atoms with E-state index in [1.807, 2.05) is 39.0 Å². The summed E-state index contributed by atoms with van der Waals surface area (Å²) in [5.74, 6) is -0.568. The Bertz CT molecular complexity index is 703. The Balaban J connectivity index is 2.03. The highest BCUT2D eigenvalue weighted by molar-refractivity contribution is 6.30. The molecule has 1 atom stereocenters. The van der Waals surface area contributed by atoms with Crippen molar-refractivity contribution in [3.63, 3.8) is 0 Å². The van der Waals surface area contributed by atoms with Crippen LogP contribution in [0.4, 0.5) is 14.9 Å². The lowest BCUT2D eigenvalue weighted by atomic mass is 10.0. The molecule has 0 fully saturated rings. The van der Waals surface area contributed by atoms with Crippen LogP contribution in [0.1, 0.15) is 29.7 Å². The predicted molar refractivity (Wildman–Crippen MR) is 87.9 cm³/mol. The maximum atomic E-state index is 13.6. The predicted octanol–water partition coefficient (Wildman–Crippen LogP) is 4.98. The molecule has 5 heteroatoms. The molecule has 0 radical (unpaired) electrons. The SMILES string of the molecule is Cc1ccc([C@@H](C)NC(=O)Nc2ccc(Cl)cc2F)cc1C. The van der Waals surface area contributed by atoms with Crippen molar-refractivity contribution in [3.8, 4) is 0 Å². The van der Waals surface area contributed by atoms with Crippen molar-refractivity contribution in [1.82, 2.24) is 5.32 Å². The number of carbonyl (C=O) groups excluding carboxylic acids is 1. The van der Waals surface area contributed by atoms with E-state index >= 15 is 0 Å². The minimum absolute atomic E-state index is 0.0918. The molecule has 116 valence electrons. The van der Waals surface area contributed by atoms with Gasteiger partial charge >= 0.3 is 6.03 Å². The van der Waals surface area contributed by atoms with Gasteiger partial charge in [-0.2, -0.15) is 0 Å². The standard InChI is InChI=1S/C17H18ClFN2O/c1-10-4-5-13(8-11(10)2)12(3)20-17(22)21-16-7-6-14(18)9-15(16)19/h4-9,12H,1-3H3,(H2,20,21,22)/t12-/m1/s1. The molecular formula is C17H18ClFN2O. The Labute approximate surface area is 134 Å². The van der Waals surface area contributed by atoms with Crippen molar-refractivity contribution in [2.75, 3.05) is 5.32 Å². The molecule has 0 aliphatic carbocycles. The number of aryl methyl sites for hydroxylation is 2. The smallest absolute Gasteiger partial charge is 0.319 e. The first kappa shape index (κ1) is 16.3. The first-order chi connectivity index (χ1) is 10.4. The van der Waals surface area contributed by atoms with Crippen molar-refractivity contribution in [2.45, 2.75) is 26.8 Å². The number of carbonyl (C=O) groups is 1. The second kappa shape index (κ2) is 6.79. The van der Waals surface area contributed by atoms with Crippen molar-refractivity contribution < 1.29 is 9.18 Å². The van der Waals surface area contributed by atoms with Gasteiger partial charge in [0, 0.05) is 5.02 Å². The molecule has 0 bridgehead atoms. The monoisotopic (exact) mass is 320 g/mol. The van der Waals surface area contributed by atoms with Gasteiger partial charge in [-0.25, -0.2) is 9.18 Å². The summed E-state index contributed by atoms with van der Waals surface area (Å²) < 4.78 is 13.6. The Morgan fingerprint density at radius 1 is 1.14 bits per heavy atom. The van der Waals surface area contributed by atoms with Gasteiger partial charge in [0.25, 0.3) is 0 Å². The van der Waals surface area contributed by atoms with Crippen molar-refractivity contribution in [3.05, 3.63) is 63.9 Å². The third kappa shape index (κ3) is 3.98. The Morgan fingerprint density at radius 3 is 2.50 bits per heavy atom. The van der Waals surface area contributed by atoms with E-state index in [0.717, 1.165) is 17.2 Å². The molecule has 0 aliphatic heterocycles. The van der Waals surface area contributed by atoms with Gasteiger partial charge in [-0.05, 0) is 55.7 Å². The first-order valence-corrected chi connectivity index (χ1v) is 7.34. The van der Waals surface area contributed by atoms with Crippen LogP contribution in [0.15, 0.2) is 36.4 Å². The van der Waals surface area contributed by atoms with Gasteiger partial charge in [-0.1, -0.05) is 29.8 Å². The summed E-state index contributed by atoms with van der Waals surface area (Å²) in [4.78, 5) is 12.0. The largest absolute Gasteiger partial charge is 0.331 e. The number of nitrogens with one attached hydrogen (secondary N) is 2. The van der Waals surface area contributed by atoms with Crippen LogP contribution < -0.4 is 10.6 Å². The summed E-state index contributed by atoms with van der Waals surface area (Å²) >= 11 is 5.68. The molecule has 0 unspecified atom stereocenters. The summed E-state index contributed by atoms with van der Waals surface area (Å²) in [6.45, 7) is 5.93. The molecule has 2 aromatic carbocycles. The van der Waals surface area contributed by atoms with Crippen LogP contribution >= 0.6 is 11.6 Å². The quantitative estimate of drug-likeness (QED) is 0.823. The molecule has 0 spiro atoms. The average Bonchev–Trinajstić information content (AvgIpc) is 2.45. The Morgan fingerprint density at radius 2 is 1.86 bits per heavy atom. The fourth-order valence-electron chi connectivity index (χ4n) is 2.06. The van der Waals surface area contributed by atoms with Crippen molar-refractivity contribution in [2.24, 2.45) is 0 Å². The zero-order chi connectivity index (χ0) is 16.3. The van der Waals surface area contributed by atoms with Crippen LogP contribution in [0.3, 0.4) is 0 Å². The normalized spacial score (nSPS) is 11.9. The molecule has 0 aromatic heterocycles. The molecule has 2 rings (SSSR count). The minimum Gasteiger partial charge on any atom is -0.331 e. The molecule has 2 aromatic rings. The number of hydrogen-bond donors (Lipinski definition) is 2. The van der Waals surface area contributed by atoms with Crippen LogP contribution in [0.2, 0.25) is 5.02 Å². The van der Waals surface area contributed by atoms with Gasteiger partial charge in [0.05, 0.1) is 11.7 Å². The minimum atomic E-state index is -0.568. The van der Waals surface area contributed by atoms with Gasteiger partial charge in [0.15, 0.2) is 0 Å². The fourth-order valence-corrected chi connectivity index (χ4v) is 2.22. The van der Waals surface area contributed by atoms with Gasteiger partial charge in [-0.15, -0.1) is 0 Å². The Hall–Kier alpha value is -2.07. The molecule has 0 heterocycles. The summed E-state index contributed by atoms with van der Waals surface area (Å²) in [5.41, 5.74) is 3.45. The van der Waals surface area contributed by atoms with Gasteiger partial charge < -0.3 is 10.6 Å². The van der Waals surface area contributed by atoms with Crippen LogP contribution in [-0.2, 0) is 0 Å². The summed E-state index contributed by atoms with van der Waals surface area (Å²) in [5, 5.41) is 5.55. The molecule has 2 N–H and O–H groups in total. The lowest BCUT2D eigenvalue weighted by molar-refractivity contribution is 0.249. The number of hydrogen-bond acceptors (Lipinski definition) is 1. The zero-order valence-corrected chi connectivity index (χ0v) is 13.5. The van der Waals surface area contributed by atoms with E-state index < -0.39 is 11.8 Å². The number of halogens is 2. The molecule has 22 heavy (non-hydrogen) atoms. The van der Waals surface area contributed by atoms with E-state index in [9.17, 15) is 9.18 Å². The van der Waals surface area contributed by atoms with Crippen LogP contribution in [0.25, 0.3) is 0 Å². The molecule has 0 aliphatic rings. The van der Waals surface area contributed by atoms with E-state index in [-0.39, 0.29) is 16.8 Å². The maximum Gasteiger partial charge on any atom is 0.319 e. The van der Waals surface area contributed by atoms with Crippen molar-refractivity contribution in [1.29, 1.82) is 0 Å². The molecule has 2 amide bonds. The highest BCUT2D eigenvalue weighted by Crippen LogP contribution is 2.20. The Kier molecular flexibility index (Phi) is 5.03. The second-order valence-electron chi connectivity index (χ2n) is 5.29. The van der Waals surface area contributed by atoms with E-state index in [4.69, 9.17) is 11.6 Å². The van der Waals surface area contributed by atoms with E-state index in [0.29, 0.717) is 0 Å². The van der Waals surface area contributed by atoms with E-state index in [1.165, 1.54) is 17.7 Å². The molecule has 3 nitrogen and oxygen atoms in total. The third-order valence-electron chi connectivity index (χ3n) is 3.56. The van der Waals surface area contributed by atoms with Gasteiger partial charge in [0.2, 0.25) is 0 Å². The summed E-state index contributed by atoms with van der Waals surface area (Å²) in [7, 11) is 0. The number of rotatable bonds is 3. The average molecular weight is 321 g/mol. The van der Waals surface area contributed by atoms with Crippen LogP contribution in [0, 0.1) is 19.7 Å². The zero-order valence-electron chi connectivity index (χ0n) is 12.7. The topological polar surface area (TPSA) is 41.1 Å². The number of amides is 2. The third-order valence-corrected chi connectivity index (χ3v) is 3.79. The van der Waals surface area contributed by atoms with Gasteiger partial charge in [-0.3, -0.25) is 0 Å². The van der Waals surface area contributed by atoms with Crippen molar-refractivity contribution >= 4 is 23.3 Å². The highest BCUT2D eigenvalue weighted by Gasteiger charge is 2.12. The fraction of sp³-hybridized carbons (Fsp3) is 0.235. The van der Waals surface area contributed by atoms with Gasteiger partial charge in [0.1, 0.15) is 5.82 Å². The lowest BCUT2D eigenvalue weighted by Gasteiger charge is -2.16. The number of benzene rings is 2. The van der Waals surface area contributed by atoms with E-state index in [2.05, 4.69) is 10.6 Å². The highest BCUT2D eigenvalue weighted by atomic mass is 35.5. The number of urea groups is 1. The molecule has 0 saturated carbocycles. The van der Waals surface area contributed by atoms with Crippen LogP contribution in [0.5, 0.6) is 0 Å².